The number of hydrogen-bond donors (Lipinski definition) is 2. The van der Waals surface area contributed by atoms with Crippen LogP contribution < -0.4 is 25.4 Å². The lowest BCUT2D eigenvalue weighted by Gasteiger charge is -2.38. The van der Waals surface area contributed by atoms with Crippen molar-refractivity contribution in [3.05, 3.63) is 103 Å². The highest BCUT2D eigenvalue weighted by Gasteiger charge is 2.45. The summed E-state index contributed by atoms with van der Waals surface area (Å²) in [7, 11) is 5.87. The zero-order valence-corrected chi connectivity index (χ0v) is 42.2. The van der Waals surface area contributed by atoms with E-state index >= 15 is 0 Å². The molecule has 3 aromatic heterocycles. The number of rotatable bonds is 10. The van der Waals surface area contributed by atoms with Crippen LogP contribution in [0.3, 0.4) is 0 Å². The number of fused-ring (bicyclic) bond motifs is 5. The molecule has 10 rings (SSSR count). The van der Waals surface area contributed by atoms with Crippen LogP contribution in [0, 0.1) is 17.2 Å². The molecule has 5 aromatic rings. The highest BCUT2D eigenvalue weighted by Crippen LogP contribution is 2.40. The van der Waals surface area contributed by atoms with Crippen LogP contribution >= 0.6 is 11.6 Å². The van der Waals surface area contributed by atoms with Gasteiger partial charge in [-0.15, -0.1) is 10.2 Å². The van der Waals surface area contributed by atoms with Gasteiger partial charge < -0.3 is 49.0 Å². The van der Waals surface area contributed by atoms with Crippen LogP contribution in [0.1, 0.15) is 90.2 Å². The summed E-state index contributed by atoms with van der Waals surface area (Å²) in [4.78, 5) is 81.8. The Morgan fingerprint density at radius 3 is 2.34 bits per heavy atom. The van der Waals surface area contributed by atoms with Gasteiger partial charge in [-0.1, -0.05) is 18.5 Å². The third-order valence-electron chi connectivity index (χ3n) is 15.4. The van der Waals surface area contributed by atoms with E-state index in [4.69, 9.17) is 26.1 Å². The number of aliphatic hydroxyl groups is 1. The molecule has 20 heteroatoms. The van der Waals surface area contributed by atoms with Crippen LogP contribution in [-0.2, 0) is 39.6 Å². The first kappa shape index (κ1) is 49.4. The molecule has 73 heavy (non-hydrogen) atoms. The Morgan fingerprint density at radius 2 is 1.67 bits per heavy atom. The predicted octanol–water partition coefficient (Wildman–Crippen LogP) is 5.19. The minimum Gasteiger partial charge on any atom is -0.458 e. The van der Waals surface area contributed by atoms with Crippen molar-refractivity contribution in [3.8, 4) is 23.2 Å². The molecule has 2 saturated heterocycles. The SMILES string of the molecule is CC[C@@]1(O)C(=O)OCc2c1cc1n(c2=O)Cc2cc3c(CN(C)C)c(OC(=O)N4CCN(C(=O)C5CCN(c6ccc(C(=O)NC7CCC(N(C)c8ccc(C#N)c(Cl)c8)CC7)nn6)CC5)CC4)ccc3nc2-1. The van der Waals surface area contributed by atoms with Crippen molar-refractivity contribution in [1.29, 1.82) is 5.26 Å². The zero-order chi connectivity index (χ0) is 51.3. The van der Waals surface area contributed by atoms with Crippen molar-refractivity contribution in [2.45, 2.75) is 89.3 Å². The van der Waals surface area contributed by atoms with E-state index in [1.807, 2.05) is 55.2 Å². The Balaban J connectivity index is 0.706. The number of piperazine rings is 1. The van der Waals surface area contributed by atoms with Gasteiger partial charge in [-0.25, -0.2) is 14.6 Å². The number of ether oxygens (including phenoxy) is 2. The number of amides is 3. The van der Waals surface area contributed by atoms with Crippen LogP contribution in [0.4, 0.5) is 16.3 Å². The monoisotopic (exact) mass is 1010 g/mol. The first-order valence-corrected chi connectivity index (χ1v) is 25.4. The van der Waals surface area contributed by atoms with E-state index in [9.17, 15) is 34.3 Å². The van der Waals surface area contributed by atoms with Crippen LogP contribution in [0.2, 0.25) is 5.02 Å². The average molecular weight is 1010 g/mol. The number of cyclic esters (lactones) is 1. The molecule has 2 N–H and O–H groups in total. The number of carbonyl (C=O) groups is 4. The molecule has 0 radical (unpaired) electrons. The molecule has 380 valence electrons. The molecule has 1 aliphatic carbocycles. The summed E-state index contributed by atoms with van der Waals surface area (Å²) >= 11 is 6.28. The number of nitrogens with zero attached hydrogens (tertiary/aromatic N) is 10. The molecule has 7 heterocycles. The lowest BCUT2D eigenvalue weighted by molar-refractivity contribution is -0.172. The summed E-state index contributed by atoms with van der Waals surface area (Å²) in [6.45, 7) is 4.75. The van der Waals surface area contributed by atoms with Gasteiger partial charge in [0.15, 0.2) is 17.1 Å². The van der Waals surface area contributed by atoms with Gasteiger partial charge in [-0.2, -0.15) is 5.26 Å². The maximum atomic E-state index is 13.8. The average Bonchev–Trinajstić information content (AvgIpc) is 3.77. The summed E-state index contributed by atoms with van der Waals surface area (Å²) in [5.74, 6) is -0.0855. The number of carbonyl (C=O) groups excluding carboxylic acids is 4. The number of hydrogen-bond acceptors (Lipinski definition) is 15. The van der Waals surface area contributed by atoms with E-state index in [1.165, 1.54) is 0 Å². The van der Waals surface area contributed by atoms with Gasteiger partial charge in [0, 0.05) is 98.6 Å². The lowest BCUT2D eigenvalue weighted by atomic mass is 9.86. The van der Waals surface area contributed by atoms with Gasteiger partial charge in [0.05, 0.1) is 39.6 Å². The van der Waals surface area contributed by atoms with Crippen molar-refractivity contribution in [3.63, 3.8) is 0 Å². The maximum Gasteiger partial charge on any atom is 0.415 e. The fourth-order valence-electron chi connectivity index (χ4n) is 11.1. The first-order valence-electron chi connectivity index (χ1n) is 25.0. The van der Waals surface area contributed by atoms with Gasteiger partial charge in [0.2, 0.25) is 5.91 Å². The molecule has 0 bridgehead atoms. The second-order valence-electron chi connectivity index (χ2n) is 20.0. The van der Waals surface area contributed by atoms with Crippen molar-refractivity contribution in [2.75, 3.05) is 70.2 Å². The fourth-order valence-corrected chi connectivity index (χ4v) is 11.3. The van der Waals surface area contributed by atoms with Crippen LogP contribution in [-0.4, -0.2) is 136 Å². The van der Waals surface area contributed by atoms with E-state index in [0.29, 0.717) is 97.7 Å². The molecule has 2 aromatic carbocycles. The number of nitriles is 1. The molecule has 3 amide bonds. The van der Waals surface area contributed by atoms with Crippen LogP contribution in [0.25, 0.3) is 22.3 Å². The molecule has 1 atom stereocenters. The van der Waals surface area contributed by atoms with E-state index < -0.39 is 17.7 Å². The standard InChI is InChI=1S/C53H58ClN11O8/c1-5-53(71)40-26-44-47-33(28-65(44)50(68)39(40)30-72-51(53)69)24-37-38(29-60(2)3)45(14-12-42(37)57-47)73-52(70)64-22-20-63(21-23-64)49(67)31-16-18-62(19-17-31)46-15-13-43(58-59-46)48(66)56-34-7-10-35(11-8-34)61(4)36-9-6-32(27-55)41(54)25-36/h6,9,12-15,24-26,31,34-35,71H,5,7-8,10-11,16-23,28-30H2,1-4H3,(H,56,66)/t34?,35?,53-/m0/s1. The number of esters is 1. The third-order valence-corrected chi connectivity index (χ3v) is 15.7. The Bertz CT molecular complexity index is 3120. The van der Waals surface area contributed by atoms with E-state index in [0.717, 1.165) is 47.9 Å². The van der Waals surface area contributed by atoms with Crippen molar-refractivity contribution >= 4 is 57.9 Å². The Labute approximate surface area is 427 Å². The van der Waals surface area contributed by atoms with E-state index in [2.05, 4.69) is 31.4 Å². The molecule has 5 aliphatic rings. The van der Waals surface area contributed by atoms with Crippen molar-refractivity contribution in [1.82, 2.24) is 39.8 Å². The minimum absolute atomic E-state index is 0.0253. The molecule has 0 unspecified atom stereocenters. The Kier molecular flexibility index (Phi) is 13.6. The number of aromatic nitrogens is 4. The molecule has 4 aliphatic heterocycles. The minimum atomic E-state index is -1.93. The number of piperidine rings is 1. The smallest absolute Gasteiger partial charge is 0.415 e. The quantitative estimate of drug-likeness (QED) is 0.169. The predicted molar refractivity (Wildman–Crippen MR) is 271 cm³/mol. The molecule has 1 saturated carbocycles. The number of halogens is 1. The summed E-state index contributed by atoms with van der Waals surface area (Å²) in [6.07, 6.45) is 4.24. The first-order chi connectivity index (χ1) is 35.1. The highest BCUT2D eigenvalue weighted by atomic mass is 35.5. The van der Waals surface area contributed by atoms with E-state index in [-0.39, 0.29) is 71.8 Å². The number of nitrogens with one attached hydrogen (secondary N) is 1. The lowest BCUT2D eigenvalue weighted by Crippen LogP contribution is -2.53. The van der Waals surface area contributed by atoms with Crippen LogP contribution in [0.15, 0.2) is 59.4 Å². The number of benzene rings is 2. The normalized spacial score (nSPS) is 20.7. The molecule has 0 spiro atoms. The fraction of sp³-hybridized carbons (Fsp3) is 0.453. The summed E-state index contributed by atoms with van der Waals surface area (Å²) in [6, 6.07) is 18.6. The van der Waals surface area contributed by atoms with Gasteiger partial charge in [-0.05, 0) is 114 Å². The number of anilines is 2. The Morgan fingerprint density at radius 1 is 0.932 bits per heavy atom. The van der Waals surface area contributed by atoms with Crippen molar-refractivity contribution < 1.29 is 33.8 Å². The van der Waals surface area contributed by atoms with Gasteiger partial charge >= 0.3 is 12.1 Å². The zero-order valence-electron chi connectivity index (χ0n) is 41.4. The number of pyridine rings is 2. The molecule has 19 nitrogen and oxygen atoms in total. The largest absolute Gasteiger partial charge is 0.458 e. The maximum absolute atomic E-state index is 13.8. The second kappa shape index (κ2) is 20.0. The highest BCUT2D eigenvalue weighted by molar-refractivity contribution is 6.32. The molecular weight excluding hydrogens is 954 g/mol. The summed E-state index contributed by atoms with van der Waals surface area (Å²) < 4.78 is 12.9. The van der Waals surface area contributed by atoms with Gasteiger partial charge in [-0.3, -0.25) is 14.4 Å². The Hall–Kier alpha value is -7.14. The summed E-state index contributed by atoms with van der Waals surface area (Å²) in [5.41, 5.74) is 3.15. The van der Waals surface area contributed by atoms with Gasteiger partial charge in [0.25, 0.3) is 11.5 Å². The second-order valence-corrected chi connectivity index (χ2v) is 20.4. The third kappa shape index (κ3) is 9.43. The van der Waals surface area contributed by atoms with Crippen LogP contribution in [0.5, 0.6) is 5.75 Å². The molecular formula is C53H58ClN11O8. The van der Waals surface area contributed by atoms with Gasteiger partial charge in [0.1, 0.15) is 18.4 Å². The van der Waals surface area contributed by atoms with Crippen molar-refractivity contribution in [2.24, 2.45) is 5.92 Å². The van der Waals surface area contributed by atoms with E-state index in [1.54, 1.807) is 46.7 Å². The molecule has 3 fully saturated rings. The summed E-state index contributed by atoms with van der Waals surface area (Å²) in [5, 5.41) is 33.5. The topological polar surface area (TPSA) is 220 Å².